The van der Waals surface area contributed by atoms with Crippen molar-refractivity contribution < 1.29 is 9.90 Å². The zero-order valence-corrected chi connectivity index (χ0v) is 10.1. The van der Waals surface area contributed by atoms with Crippen LogP contribution in [0.5, 0.6) is 0 Å². The van der Waals surface area contributed by atoms with Crippen LogP contribution in [0, 0.1) is 0 Å². The molecule has 0 aliphatic heterocycles. The van der Waals surface area contributed by atoms with E-state index < -0.39 is 12.0 Å². The van der Waals surface area contributed by atoms with Gasteiger partial charge in [-0.1, -0.05) is 6.07 Å². The molecule has 1 unspecified atom stereocenters. The third-order valence-electron chi connectivity index (χ3n) is 2.32. The van der Waals surface area contributed by atoms with E-state index in [4.69, 9.17) is 5.11 Å². The molecule has 0 saturated carbocycles. The Morgan fingerprint density at radius 3 is 3.00 bits per heavy atom. The molecule has 6 heteroatoms. The van der Waals surface area contributed by atoms with Crippen LogP contribution in [0.1, 0.15) is 11.9 Å². The Labute approximate surface area is 100 Å². The van der Waals surface area contributed by atoms with Gasteiger partial charge in [0, 0.05) is 6.20 Å². The Hall–Kier alpha value is -1.40. The minimum Gasteiger partial charge on any atom is -0.480 e. The molecule has 0 bridgehead atoms. The molecular weight excluding hydrogens is 274 g/mol. The second-order valence-electron chi connectivity index (χ2n) is 3.28. The van der Waals surface area contributed by atoms with Crippen molar-refractivity contribution in [1.82, 2.24) is 14.7 Å². The Kier molecular flexibility index (Phi) is 2.93. The third kappa shape index (κ3) is 1.70. The van der Waals surface area contributed by atoms with Gasteiger partial charge >= 0.3 is 5.97 Å². The highest BCUT2D eigenvalue weighted by molar-refractivity contribution is 9.10. The fourth-order valence-electron chi connectivity index (χ4n) is 1.59. The number of nitrogens with one attached hydrogen (secondary N) is 1. The van der Waals surface area contributed by atoms with Gasteiger partial charge in [-0.2, -0.15) is 0 Å². The fourth-order valence-corrected chi connectivity index (χ4v) is 2.09. The number of hydrogen-bond donors (Lipinski definition) is 2. The van der Waals surface area contributed by atoms with Crippen molar-refractivity contribution in [3.63, 3.8) is 0 Å². The van der Waals surface area contributed by atoms with Crippen LogP contribution in [-0.4, -0.2) is 27.5 Å². The van der Waals surface area contributed by atoms with E-state index in [0.717, 1.165) is 5.52 Å². The molecule has 1 atom stereocenters. The molecule has 84 valence electrons. The van der Waals surface area contributed by atoms with Crippen molar-refractivity contribution in [1.29, 1.82) is 0 Å². The lowest BCUT2D eigenvalue weighted by Gasteiger charge is -2.09. The average Bonchev–Trinajstić information content (AvgIpc) is 2.58. The summed E-state index contributed by atoms with van der Waals surface area (Å²) in [5, 5.41) is 11.8. The molecule has 0 amide bonds. The summed E-state index contributed by atoms with van der Waals surface area (Å²) in [6.07, 6.45) is 1.79. The highest BCUT2D eigenvalue weighted by Gasteiger charge is 2.23. The van der Waals surface area contributed by atoms with Gasteiger partial charge < -0.3 is 14.8 Å². The predicted octanol–water partition coefficient (Wildman–Crippen LogP) is 1.44. The van der Waals surface area contributed by atoms with E-state index in [1.165, 1.54) is 0 Å². The largest absolute Gasteiger partial charge is 0.480 e. The minimum absolute atomic E-state index is 0.456. The van der Waals surface area contributed by atoms with E-state index >= 15 is 0 Å². The van der Waals surface area contributed by atoms with Crippen LogP contribution in [0.4, 0.5) is 0 Å². The number of carboxylic acid groups (broad SMARTS) is 1. The van der Waals surface area contributed by atoms with Gasteiger partial charge in [-0.15, -0.1) is 0 Å². The van der Waals surface area contributed by atoms with E-state index in [0.29, 0.717) is 10.4 Å². The van der Waals surface area contributed by atoms with E-state index in [-0.39, 0.29) is 0 Å². The first-order chi connectivity index (χ1) is 7.65. The second-order valence-corrected chi connectivity index (χ2v) is 4.03. The molecule has 0 radical (unpaired) electrons. The van der Waals surface area contributed by atoms with Gasteiger partial charge in [0.1, 0.15) is 10.4 Å². The van der Waals surface area contributed by atoms with Crippen molar-refractivity contribution in [3.8, 4) is 0 Å². The van der Waals surface area contributed by atoms with Crippen molar-refractivity contribution in [3.05, 3.63) is 34.8 Å². The van der Waals surface area contributed by atoms with Crippen LogP contribution in [0.2, 0.25) is 0 Å². The molecular formula is C10H10BrN3O2. The van der Waals surface area contributed by atoms with Gasteiger partial charge in [-0.3, -0.25) is 4.79 Å². The standard InChI is InChI=1S/C10H10BrN3O2/c1-12-7(10(15)16)9-13-8(11)6-4-2-3-5-14(6)9/h2-5,7,12H,1H3,(H,15,16). The summed E-state index contributed by atoms with van der Waals surface area (Å²) in [4.78, 5) is 15.3. The first-order valence-electron chi connectivity index (χ1n) is 4.67. The maximum absolute atomic E-state index is 11.1. The molecule has 2 rings (SSSR count). The van der Waals surface area contributed by atoms with Gasteiger partial charge in [0.05, 0.1) is 5.52 Å². The average molecular weight is 284 g/mol. The second kappa shape index (κ2) is 4.23. The first-order valence-corrected chi connectivity index (χ1v) is 5.47. The number of aliphatic carboxylic acids is 1. The first kappa shape index (κ1) is 11.1. The zero-order valence-electron chi connectivity index (χ0n) is 8.51. The number of hydrogen-bond acceptors (Lipinski definition) is 3. The lowest BCUT2D eigenvalue weighted by molar-refractivity contribution is -0.139. The van der Waals surface area contributed by atoms with Crippen LogP contribution in [0.25, 0.3) is 5.52 Å². The van der Waals surface area contributed by atoms with E-state index in [1.54, 1.807) is 17.6 Å². The normalized spacial score (nSPS) is 12.9. The molecule has 0 aliphatic rings. The molecule has 2 N–H and O–H groups in total. The molecule has 0 spiro atoms. The van der Waals surface area contributed by atoms with Crippen LogP contribution < -0.4 is 5.32 Å². The minimum atomic E-state index is -0.953. The Balaban J connectivity index is 2.64. The van der Waals surface area contributed by atoms with Gasteiger partial charge in [0.15, 0.2) is 6.04 Å². The summed E-state index contributed by atoms with van der Waals surface area (Å²) in [7, 11) is 1.59. The predicted molar refractivity (Wildman–Crippen MR) is 62.3 cm³/mol. The van der Waals surface area contributed by atoms with Crippen molar-refractivity contribution in [2.24, 2.45) is 0 Å². The van der Waals surface area contributed by atoms with E-state index in [9.17, 15) is 4.79 Å². The highest BCUT2D eigenvalue weighted by Crippen LogP contribution is 2.22. The summed E-state index contributed by atoms with van der Waals surface area (Å²) in [6, 6.07) is 4.76. The van der Waals surface area contributed by atoms with Gasteiger partial charge in [0.25, 0.3) is 0 Å². The summed E-state index contributed by atoms with van der Waals surface area (Å²) in [5.41, 5.74) is 0.846. The molecule has 0 aliphatic carbocycles. The number of halogens is 1. The third-order valence-corrected chi connectivity index (χ3v) is 2.91. The lowest BCUT2D eigenvalue weighted by atomic mass is 10.3. The number of nitrogens with zero attached hydrogens (tertiary/aromatic N) is 2. The molecule has 5 nitrogen and oxygen atoms in total. The number of pyridine rings is 1. The molecule has 2 heterocycles. The van der Waals surface area contributed by atoms with Crippen molar-refractivity contribution in [2.75, 3.05) is 7.05 Å². The Morgan fingerprint density at radius 1 is 1.62 bits per heavy atom. The van der Waals surface area contributed by atoms with Gasteiger partial charge in [0.2, 0.25) is 0 Å². The quantitative estimate of drug-likeness (QED) is 0.895. The number of carbonyl (C=O) groups is 1. The molecule has 16 heavy (non-hydrogen) atoms. The summed E-state index contributed by atoms with van der Waals surface area (Å²) < 4.78 is 2.39. The Morgan fingerprint density at radius 2 is 2.38 bits per heavy atom. The molecule has 0 saturated heterocycles. The van der Waals surface area contributed by atoms with E-state index in [2.05, 4.69) is 26.2 Å². The number of likely N-dealkylation sites (N-methyl/N-ethyl adjacent to an activating group) is 1. The number of imidazole rings is 1. The molecule has 0 aromatic carbocycles. The topological polar surface area (TPSA) is 66.6 Å². The summed E-state index contributed by atoms with van der Waals surface area (Å²) >= 11 is 3.31. The van der Waals surface area contributed by atoms with Gasteiger partial charge in [-0.25, -0.2) is 4.98 Å². The smallest absolute Gasteiger partial charge is 0.328 e. The van der Waals surface area contributed by atoms with Crippen LogP contribution in [0.3, 0.4) is 0 Å². The number of fused-ring (bicyclic) bond motifs is 1. The van der Waals surface area contributed by atoms with Crippen LogP contribution in [-0.2, 0) is 4.79 Å². The van der Waals surface area contributed by atoms with Crippen LogP contribution >= 0.6 is 15.9 Å². The van der Waals surface area contributed by atoms with Gasteiger partial charge in [-0.05, 0) is 35.1 Å². The zero-order chi connectivity index (χ0) is 11.7. The fraction of sp³-hybridized carbons (Fsp3) is 0.200. The Bertz CT molecular complexity index is 538. The summed E-state index contributed by atoms with van der Waals surface area (Å²) in [6.45, 7) is 0. The van der Waals surface area contributed by atoms with Crippen LogP contribution in [0.15, 0.2) is 29.0 Å². The molecule has 0 fully saturated rings. The number of carboxylic acids is 1. The van der Waals surface area contributed by atoms with Crippen molar-refractivity contribution >= 4 is 27.4 Å². The SMILES string of the molecule is CNC(C(=O)O)c1nc(Br)c2ccccn12. The monoisotopic (exact) mass is 283 g/mol. The number of rotatable bonds is 3. The van der Waals surface area contributed by atoms with E-state index in [1.807, 2.05) is 18.2 Å². The lowest BCUT2D eigenvalue weighted by Crippen LogP contribution is -2.27. The molecule has 2 aromatic heterocycles. The van der Waals surface area contributed by atoms with Crippen molar-refractivity contribution in [2.45, 2.75) is 6.04 Å². The number of aromatic nitrogens is 2. The highest BCUT2D eigenvalue weighted by atomic mass is 79.9. The maximum atomic E-state index is 11.1. The summed E-state index contributed by atoms with van der Waals surface area (Å²) in [5.74, 6) is -0.497. The molecule has 2 aromatic rings. The maximum Gasteiger partial charge on any atom is 0.328 e.